The molecule has 14 heteroatoms. The first-order chi connectivity index (χ1) is 18.1. The molecular formula is C24H36N2O12. The molecule has 214 valence electrons. The Morgan fingerprint density at radius 1 is 0.684 bits per heavy atom. The minimum Gasteiger partial charge on any atom is -0.481 e. The molecule has 3 aliphatic rings. The Kier molecular flexibility index (Phi) is 10.8. The maximum atomic E-state index is 12.7. The summed E-state index contributed by atoms with van der Waals surface area (Å²) in [5, 5.41) is 41.6. The number of carboxylic acid groups (broad SMARTS) is 2. The largest absolute Gasteiger partial charge is 0.481 e. The van der Waals surface area contributed by atoms with Crippen molar-refractivity contribution in [3.63, 3.8) is 0 Å². The lowest BCUT2D eigenvalue weighted by Crippen LogP contribution is -2.46. The van der Waals surface area contributed by atoms with Crippen LogP contribution in [0.3, 0.4) is 0 Å². The van der Waals surface area contributed by atoms with E-state index in [0.29, 0.717) is 38.5 Å². The molecule has 0 amide bonds. The molecule has 0 aromatic heterocycles. The van der Waals surface area contributed by atoms with Gasteiger partial charge in [-0.25, -0.2) is 9.78 Å². The van der Waals surface area contributed by atoms with Crippen LogP contribution in [0.2, 0.25) is 0 Å². The quantitative estimate of drug-likeness (QED) is 0.119. The molecule has 38 heavy (non-hydrogen) atoms. The van der Waals surface area contributed by atoms with Crippen molar-refractivity contribution < 1.29 is 49.0 Å². The van der Waals surface area contributed by atoms with Crippen LogP contribution in [0.5, 0.6) is 0 Å². The Morgan fingerprint density at radius 2 is 1.18 bits per heavy atom. The fourth-order valence-electron chi connectivity index (χ4n) is 6.18. The van der Waals surface area contributed by atoms with Crippen LogP contribution in [0.25, 0.3) is 0 Å². The Morgan fingerprint density at radius 3 is 1.74 bits per heavy atom. The number of nitro groups is 2. The van der Waals surface area contributed by atoms with Crippen molar-refractivity contribution in [1.29, 1.82) is 0 Å². The van der Waals surface area contributed by atoms with Gasteiger partial charge in [0.2, 0.25) is 12.1 Å². The van der Waals surface area contributed by atoms with Gasteiger partial charge in [-0.15, -0.1) is 0 Å². The van der Waals surface area contributed by atoms with E-state index in [1.165, 1.54) is 0 Å². The minimum atomic E-state index is -1.29. The number of ether oxygens (including phenoxy) is 1. The fourth-order valence-corrected chi connectivity index (χ4v) is 6.18. The first kappa shape index (κ1) is 29.7. The Balaban J connectivity index is 1.39. The van der Waals surface area contributed by atoms with Crippen LogP contribution in [0.15, 0.2) is 0 Å². The predicted molar refractivity (Wildman–Crippen MR) is 127 cm³/mol. The summed E-state index contributed by atoms with van der Waals surface area (Å²) in [5.74, 6) is -6.97. The van der Waals surface area contributed by atoms with Crippen molar-refractivity contribution >= 4 is 17.9 Å². The van der Waals surface area contributed by atoms with Crippen LogP contribution in [0.4, 0.5) is 0 Å². The van der Waals surface area contributed by atoms with E-state index >= 15 is 0 Å². The molecule has 0 heterocycles. The second-order valence-corrected chi connectivity index (χ2v) is 10.7. The summed E-state index contributed by atoms with van der Waals surface area (Å²) in [6.45, 7) is 0.140. The lowest BCUT2D eigenvalue weighted by molar-refractivity contribution is -0.540. The second kappa shape index (κ2) is 13.8. The zero-order valence-electron chi connectivity index (χ0n) is 21.2. The summed E-state index contributed by atoms with van der Waals surface area (Å²) in [6, 6.07) is -2.24. The summed E-state index contributed by atoms with van der Waals surface area (Å²) in [5.41, 5.74) is 0. The van der Waals surface area contributed by atoms with Gasteiger partial charge in [-0.1, -0.05) is 0 Å². The highest BCUT2D eigenvalue weighted by atomic mass is 17.2. The molecule has 3 aliphatic carbocycles. The molecule has 14 nitrogen and oxygen atoms in total. The van der Waals surface area contributed by atoms with Crippen LogP contribution in [0, 0.1) is 55.7 Å². The van der Waals surface area contributed by atoms with Gasteiger partial charge in [-0.3, -0.25) is 34.6 Å². The number of hydrogen-bond donors (Lipinski definition) is 2. The van der Waals surface area contributed by atoms with E-state index in [1.807, 2.05) is 0 Å². The van der Waals surface area contributed by atoms with Gasteiger partial charge in [0.05, 0.1) is 37.6 Å². The third-order valence-electron chi connectivity index (χ3n) is 8.41. The summed E-state index contributed by atoms with van der Waals surface area (Å²) in [6.07, 6.45) is 4.78. The third kappa shape index (κ3) is 7.59. The summed E-state index contributed by atoms with van der Waals surface area (Å²) in [7, 11) is 0. The van der Waals surface area contributed by atoms with E-state index in [4.69, 9.17) is 14.5 Å². The number of nitrogens with zero attached hydrogens (tertiary/aromatic N) is 2. The van der Waals surface area contributed by atoms with Gasteiger partial charge in [0, 0.05) is 22.7 Å². The van der Waals surface area contributed by atoms with Gasteiger partial charge in [0.15, 0.2) is 0 Å². The van der Waals surface area contributed by atoms with Gasteiger partial charge in [-0.05, 0) is 63.2 Å². The molecule has 3 rings (SSSR count). The molecule has 0 aromatic rings. The first-order valence-corrected chi connectivity index (χ1v) is 13.2. The van der Waals surface area contributed by atoms with E-state index < -0.39 is 63.5 Å². The molecule has 0 saturated heterocycles. The molecule has 0 bridgehead atoms. The number of aliphatic carboxylic acids is 2. The molecule has 6 unspecified atom stereocenters. The molecule has 3 fully saturated rings. The minimum absolute atomic E-state index is 0.0384. The molecule has 0 aromatic carbocycles. The predicted octanol–water partition coefficient (Wildman–Crippen LogP) is 2.58. The summed E-state index contributed by atoms with van der Waals surface area (Å²) >= 11 is 0. The molecule has 0 radical (unpaired) electrons. The van der Waals surface area contributed by atoms with Crippen molar-refractivity contribution in [2.24, 2.45) is 35.5 Å². The van der Waals surface area contributed by atoms with Gasteiger partial charge in [0.25, 0.3) is 0 Å². The summed E-state index contributed by atoms with van der Waals surface area (Å²) in [4.78, 5) is 68.0. The number of hydrogen-bond acceptors (Lipinski definition) is 10. The molecule has 0 spiro atoms. The van der Waals surface area contributed by atoms with Gasteiger partial charge < -0.3 is 14.9 Å². The van der Waals surface area contributed by atoms with E-state index in [-0.39, 0.29) is 44.5 Å². The lowest BCUT2D eigenvalue weighted by atomic mass is 9.76. The maximum absolute atomic E-state index is 12.7. The number of rotatable bonds is 12. The van der Waals surface area contributed by atoms with Crippen LogP contribution >= 0.6 is 0 Å². The average Bonchev–Trinajstić information content (AvgIpc) is 2.89. The first-order valence-electron chi connectivity index (χ1n) is 13.2. The fraction of sp³-hybridized carbons (Fsp3) is 0.875. The number of carbonyl (C=O) groups is 3. The Bertz CT molecular complexity index is 830. The van der Waals surface area contributed by atoms with Crippen LogP contribution < -0.4 is 0 Å². The van der Waals surface area contributed by atoms with Crippen molar-refractivity contribution in [2.45, 2.75) is 76.3 Å². The normalized spacial score (nSPS) is 33.7. The molecule has 2 N–H and O–H groups in total. The Labute approximate surface area is 219 Å². The van der Waals surface area contributed by atoms with Gasteiger partial charge >= 0.3 is 17.9 Å². The van der Waals surface area contributed by atoms with Crippen LogP contribution in [-0.4, -0.2) is 69.9 Å². The standard InChI is InChI=1S/C24H36N2O12/c27-22(28)16-3-1-5-19(25(32)33)18(16)13-38-37-12-15-9-7-14(8-10-15)11-36-24(31)21-17(23(29)30)4-2-6-20(21)26(34)35/h14-21H,1-13H2,(H,27,28)(H,29,30). The SMILES string of the molecule is O=C(O)C1CCCC([N+](=O)[O-])C1COOCC1CCC(COC(=O)C2C(C(=O)O)CCCC2[N+](=O)[O-])CC1. The zero-order chi connectivity index (χ0) is 27.8. The van der Waals surface area contributed by atoms with Gasteiger partial charge in [-0.2, -0.15) is 0 Å². The molecular weight excluding hydrogens is 508 g/mol. The molecule has 3 saturated carbocycles. The maximum Gasteiger partial charge on any atom is 0.316 e. The van der Waals surface area contributed by atoms with E-state index in [9.17, 15) is 44.8 Å². The highest BCUT2D eigenvalue weighted by molar-refractivity contribution is 5.82. The second-order valence-electron chi connectivity index (χ2n) is 10.7. The van der Waals surface area contributed by atoms with Crippen molar-refractivity contribution in [3.8, 4) is 0 Å². The van der Waals surface area contributed by atoms with E-state index in [1.54, 1.807) is 0 Å². The monoisotopic (exact) mass is 544 g/mol. The summed E-state index contributed by atoms with van der Waals surface area (Å²) < 4.78 is 5.38. The Hall–Kier alpha value is -2.87. The van der Waals surface area contributed by atoms with E-state index in [0.717, 1.165) is 12.8 Å². The van der Waals surface area contributed by atoms with Gasteiger partial charge in [0.1, 0.15) is 5.92 Å². The highest BCUT2D eigenvalue weighted by Gasteiger charge is 2.49. The number of carboxylic acids is 2. The highest BCUT2D eigenvalue weighted by Crippen LogP contribution is 2.35. The zero-order valence-corrected chi connectivity index (χ0v) is 21.2. The van der Waals surface area contributed by atoms with Crippen molar-refractivity contribution in [2.75, 3.05) is 19.8 Å². The van der Waals surface area contributed by atoms with Crippen molar-refractivity contribution in [1.82, 2.24) is 0 Å². The van der Waals surface area contributed by atoms with E-state index in [2.05, 4.69) is 0 Å². The average molecular weight is 545 g/mol. The molecule has 6 atom stereocenters. The van der Waals surface area contributed by atoms with Crippen molar-refractivity contribution in [3.05, 3.63) is 20.2 Å². The lowest BCUT2D eigenvalue weighted by Gasteiger charge is -2.31. The third-order valence-corrected chi connectivity index (χ3v) is 8.41. The van der Waals surface area contributed by atoms with Crippen LogP contribution in [0.1, 0.15) is 64.2 Å². The number of carbonyl (C=O) groups excluding carboxylic acids is 1. The smallest absolute Gasteiger partial charge is 0.316 e. The van der Waals surface area contributed by atoms with Crippen LogP contribution in [-0.2, 0) is 28.9 Å². The number of esters is 1. The topological polar surface area (TPSA) is 206 Å². The molecule has 0 aliphatic heterocycles.